The van der Waals surface area contributed by atoms with Gasteiger partial charge in [-0.2, -0.15) is 0 Å². The molecule has 2 aromatic carbocycles. The zero-order valence-corrected chi connectivity index (χ0v) is 14.7. The molecular weight excluding hydrogens is 335 g/mol. The van der Waals surface area contributed by atoms with E-state index in [9.17, 15) is 9.18 Å². The third-order valence-electron chi connectivity index (χ3n) is 3.91. The number of hydrogen-bond donors (Lipinski definition) is 1. The van der Waals surface area contributed by atoms with Gasteiger partial charge in [0.25, 0.3) is 0 Å². The summed E-state index contributed by atoms with van der Waals surface area (Å²) in [5, 5.41) is 5.03. The Hall–Kier alpha value is -2.66. The molecule has 3 aromatic rings. The molecule has 1 atom stereocenters. The smallest absolute Gasteiger partial charge is 0.240 e. The number of carbonyl (C=O) groups excluding carboxylic acids is 1. The summed E-state index contributed by atoms with van der Waals surface area (Å²) in [6, 6.07) is 19.6. The monoisotopic (exact) mass is 354 g/mol. The summed E-state index contributed by atoms with van der Waals surface area (Å²) in [5.41, 5.74) is 1.84. The van der Waals surface area contributed by atoms with Gasteiger partial charge in [-0.15, -0.1) is 11.3 Å². The van der Waals surface area contributed by atoms with E-state index in [-0.39, 0.29) is 24.3 Å². The average molecular weight is 354 g/mol. The van der Waals surface area contributed by atoms with Gasteiger partial charge in [-0.05, 0) is 41.3 Å². The van der Waals surface area contributed by atoms with E-state index in [0.29, 0.717) is 0 Å². The molecule has 1 amide bonds. The van der Waals surface area contributed by atoms with Crippen LogP contribution in [0.25, 0.3) is 0 Å². The quantitative estimate of drug-likeness (QED) is 0.718. The van der Waals surface area contributed by atoms with Gasteiger partial charge in [0.05, 0.1) is 12.6 Å². The molecule has 1 aromatic heterocycles. The number of benzene rings is 2. The van der Waals surface area contributed by atoms with Crippen molar-refractivity contribution in [3.05, 3.63) is 88.4 Å². The highest BCUT2D eigenvalue weighted by Gasteiger charge is 2.19. The van der Waals surface area contributed by atoms with Gasteiger partial charge in [0.1, 0.15) is 5.82 Å². The summed E-state index contributed by atoms with van der Waals surface area (Å²) in [4.78, 5) is 15.5. The molecule has 25 heavy (non-hydrogen) atoms. The minimum Gasteiger partial charge on any atom is -0.365 e. The van der Waals surface area contributed by atoms with Crippen molar-refractivity contribution in [2.75, 3.05) is 18.5 Å². The van der Waals surface area contributed by atoms with Gasteiger partial charge in [0.2, 0.25) is 5.91 Å². The van der Waals surface area contributed by atoms with Crippen molar-refractivity contribution in [3.63, 3.8) is 0 Å². The van der Waals surface area contributed by atoms with Crippen molar-refractivity contribution in [3.8, 4) is 0 Å². The molecule has 0 spiro atoms. The van der Waals surface area contributed by atoms with Crippen molar-refractivity contribution in [1.29, 1.82) is 0 Å². The number of anilines is 1. The number of amides is 1. The van der Waals surface area contributed by atoms with Crippen LogP contribution in [0.5, 0.6) is 0 Å². The van der Waals surface area contributed by atoms with Crippen molar-refractivity contribution in [2.45, 2.75) is 6.04 Å². The maximum atomic E-state index is 13.2. The van der Waals surface area contributed by atoms with E-state index in [1.165, 1.54) is 12.1 Å². The SMILES string of the molecule is CN(CC(=O)N[C@H](c1ccc(F)cc1)c1cccs1)c1ccccc1. The maximum absolute atomic E-state index is 13.2. The van der Waals surface area contributed by atoms with Gasteiger partial charge in [-0.25, -0.2) is 4.39 Å². The van der Waals surface area contributed by atoms with E-state index in [2.05, 4.69) is 5.32 Å². The lowest BCUT2D eigenvalue weighted by Crippen LogP contribution is -2.37. The number of nitrogens with zero attached hydrogens (tertiary/aromatic N) is 1. The lowest BCUT2D eigenvalue weighted by molar-refractivity contribution is -0.120. The lowest BCUT2D eigenvalue weighted by atomic mass is 10.1. The summed E-state index contributed by atoms with van der Waals surface area (Å²) in [6.07, 6.45) is 0. The predicted molar refractivity (Wildman–Crippen MR) is 100 cm³/mol. The van der Waals surface area contributed by atoms with Crippen LogP contribution < -0.4 is 10.2 Å². The van der Waals surface area contributed by atoms with Crippen molar-refractivity contribution in [2.24, 2.45) is 0 Å². The van der Waals surface area contributed by atoms with Gasteiger partial charge in [0.15, 0.2) is 0 Å². The summed E-state index contributed by atoms with van der Waals surface area (Å²) < 4.78 is 13.2. The standard InChI is InChI=1S/C20H19FN2OS/c1-23(17-6-3-2-4-7-17)14-19(24)22-20(18-8-5-13-25-18)15-9-11-16(21)12-10-15/h2-13,20H,14H2,1H3,(H,22,24)/t20-/m1/s1. The first-order valence-electron chi connectivity index (χ1n) is 7.98. The van der Waals surface area contributed by atoms with Crippen molar-refractivity contribution >= 4 is 22.9 Å². The molecule has 1 heterocycles. The fraction of sp³-hybridized carbons (Fsp3) is 0.150. The third kappa shape index (κ3) is 4.45. The Kier molecular flexibility index (Phi) is 5.46. The first-order valence-corrected chi connectivity index (χ1v) is 8.86. The van der Waals surface area contributed by atoms with Gasteiger partial charge >= 0.3 is 0 Å². The molecule has 5 heteroatoms. The molecule has 0 saturated carbocycles. The van der Waals surface area contributed by atoms with Crippen LogP contribution in [0.4, 0.5) is 10.1 Å². The highest BCUT2D eigenvalue weighted by molar-refractivity contribution is 7.10. The van der Waals surface area contributed by atoms with Crippen LogP contribution in [0.2, 0.25) is 0 Å². The number of carbonyl (C=O) groups is 1. The Balaban J connectivity index is 1.74. The zero-order valence-electron chi connectivity index (χ0n) is 13.9. The second kappa shape index (κ2) is 7.94. The van der Waals surface area contributed by atoms with E-state index in [4.69, 9.17) is 0 Å². The molecule has 3 nitrogen and oxygen atoms in total. The van der Waals surface area contributed by atoms with Crippen LogP contribution >= 0.6 is 11.3 Å². The molecule has 0 aliphatic rings. The first-order chi connectivity index (χ1) is 12.1. The van der Waals surface area contributed by atoms with Crippen LogP contribution in [0, 0.1) is 5.82 Å². The number of halogens is 1. The summed E-state index contributed by atoms with van der Waals surface area (Å²) in [5.74, 6) is -0.377. The van der Waals surface area contributed by atoms with Crippen LogP contribution in [0.1, 0.15) is 16.5 Å². The normalized spacial score (nSPS) is 11.8. The zero-order chi connectivity index (χ0) is 17.6. The maximum Gasteiger partial charge on any atom is 0.240 e. The van der Waals surface area contributed by atoms with Crippen LogP contribution in [-0.2, 0) is 4.79 Å². The number of likely N-dealkylation sites (N-methyl/N-ethyl adjacent to an activating group) is 1. The first kappa shape index (κ1) is 17.2. The Morgan fingerprint density at radius 1 is 1.08 bits per heavy atom. The fourth-order valence-corrected chi connectivity index (χ4v) is 3.43. The highest BCUT2D eigenvalue weighted by Crippen LogP contribution is 2.26. The average Bonchev–Trinajstić information content (AvgIpc) is 3.15. The number of hydrogen-bond acceptors (Lipinski definition) is 3. The lowest BCUT2D eigenvalue weighted by Gasteiger charge is -2.22. The summed E-state index contributed by atoms with van der Waals surface area (Å²) in [6.45, 7) is 0.243. The number of thiophene rings is 1. The molecule has 0 aliphatic heterocycles. The molecule has 0 saturated heterocycles. The second-order valence-electron chi connectivity index (χ2n) is 5.76. The largest absolute Gasteiger partial charge is 0.365 e. The van der Waals surface area contributed by atoms with E-state index >= 15 is 0 Å². The van der Waals surface area contributed by atoms with Crippen LogP contribution in [0.3, 0.4) is 0 Å². The molecular formula is C20H19FN2OS. The number of rotatable bonds is 6. The van der Waals surface area contributed by atoms with E-state index in [1.54, 1.807) is 23.5 Å². The minimum absolute atomic E-state index is 0.0888. The Labute approximate surface area is 150 Å². The van der Waals surface area contributed by atoms with E-state index in [0.717, 1.165) is 16.1 Å². The molecule has 0 aliphatic carbocycles. The Morgan fingerprint density at radius 3 is 2.44 bits per heavy atom. The molecule has 128 valence electrons. The van der Waals surface area contributed by atoms with Crippen molar-refractivity contribution in [1.82, 2.24) is 5.32 Å². The Morgan fingerprint density at radius 2 is 1.80 bits per heavy atom. The molecule has 0 fully saturated rings. The van der Waals surface area contributed by atoms with E-state index in [1.807, 2.05) is 59.8 Å². The molecule has 0 unspecified atom stereocenters. The van der Waals surface area contributed by atoms with Gasteiger partial charge in [-0.1, -0.05) is 36.4 Å². The second-order valence-corrected chi connectivity index (χ2v) is 6.74. The highest BCUT2D eigenvalue weighted by atomic mass is 32.1. The molecule has 3 rings (SSSR count). The van der Waals surface area contributed by atoms with Gasteiger partial charge in [-0.3, -0.25) is 4.79 Å². The molecule has 0 bridgehead atoms. The van der Waals surface area contributed by atoms with Crippen LogP contribution in [0.15, 0.2) is 72.1 Å². The summed E-state index contributed by atoms with van der Waals surface area (Å²) >= 11 is 1.57. The fourth-order valence-electron chi connectivity index (χ4n) is 2.63. The topological polar surface area (TPSA) is 32.3 Å². The Bertz CT molecular complexity index is 803. The minimum atomic E-state index is -0.288. The third-order valence-corrected chi connectivity index (χ3v) is 4.85. The number of nitrogens with one attached hydrogen (secondary N) is 1. The van der Waals surface area contributed by atoms with E-state index < -0.39 is 0 Å². The summed E-state index contributed by atoms with van der Waals surface area (Å²) in [7, 11) is 1.88. The van der Waals surface area contributed by atoms with Gasteiger partial charge < -0.3 is 10.2 Å². The molecule has 0 radical (unpaired) electrons. The van der Waals surface area contributed by atoms with Crippen LogP contribution in [-0.4, -0.2) is 19.5 Å². The molecule has 1 N–H and O–H groups in total. The van der Waals surface area contributed by atoms with Crippen molar-refractivity contribution < 1.29 is 9.18 Å². The number of para-hydroxylation sites is 1. The van der Waals surface area contributed by atoms with Gasteiger partial charge in [0, 0.05) is 17.6 Å². The predicted octanol–water partition coefficient (Wildman–Crippen LogP) is 4.23.